The Bertz CT molecular complexity index is 368. The zero-order valence-electron chi connectivity index (χ0n) is 13.2. The van der Waals surface area contributed by atoms with Crippen molar-refractivity contribution in [3.05, 3.63) is 18.2 Å². The molecule has 0 saturated heterocycles. The molecule has 19 heavy (non-hydrogen) atoms. The van der Waals surface area contributed by atoms with E-state index in [2.05, 4.69) is 48.8 Å². The Morgan fingerprint density at radius 2 is 2.11 bits per heavy atom. The molecule has 2 unspecified atom stereocenters. The fourth-order valence-electron chi connectivity index (χ4n) is 2.65. The molecule has 0 aromatic carbocycles. The Morgan fingerprint density at radius 3 is 2.58 bits per heavy atom. The van der Waals surface area contributed by atoms with Gasteiger partial charge in [-0.25, -0.2) is 4.98 Å². The Hall–Kier alpha value is -0.870. The van der Waals surface area contributed by atoms with Gasteiger partial charge in [0.1, 0.15) is 5.82 Å². The predicted octanol–water partition coefficient (Wildman–Crippen LogP) is 2.48. The van der Waals surface area contributed by atoms with Crippen molar-refractivity contribution in [2.45, 2.75) is 59.2 Å². The number of methoxy groups -OCH3 is 1. The van der Waals surface area contributed by atoms with Gasteiger partial charge in [-0.3, -0.25) is 0 Å². The number of hydrogen-bond acceptors (Lipinski definition) is 3. The Kier molecular flexibility index (Phi) is 6.01. The summed E-state index contributed by atoms with van der Waals surface area (Å²) in [5.74, 6) is 1.13. The maximum atomic E-state index is 5.72. The number of rotatable bonds is 7. The third-order valence-corrected chi connectivity index (χ3v) is 3.51. The van der Waals surface area contributed by atoms with Crippen molar-refractivity contribution in [2.24, 2.45) is 5.41 Å². The molecule has 0 radical (unpaired) electrons. The smallest absolute Gasteiger partial charge is 0.110 e. The summed E-state index contributed by atoms with van der Waals surface area (Å²) in [6.45, 7) is 9.85. The van der Waals surface area contributed by atoms with Crippen LogP contribution in [0.2, 0.25) is 0 Å². The number of nitrogens with zero attached hydrogens (tertiary/aromatic N) is 2. The summed E-state index contributed by atoms with van der Waals surface area (Å²) < 4.78 is 7.95. The summed E-state index contributed by atoms with van der Waals surface area (Å²) in [6.07, 6.45) is 6.12. The lowest BCUT2D eigenvalue weighted by molar-refractivity contribution is -0.00981. The van der Waals surface area contributed by atoms with E-state index in [1.54, 1.807) is 7.11 Å². The van der Waals surface area contributed by atoms with E-state index in [1.165, 1.54) is 0 Å². The molecule has 0 aliphatic carbocycles. The number of aryl methyl sites for hydroxylation is 1. The van der Waals surface area contributed by atoms with Crippen LogP contribution in [0.4, 0.5) is 0 Å². The van der Waals surface area contributed by atoms with Crippen molar-refractivity contribution >= 4 is 0 Å². The summed E-state index contributed by atoms with van der Waals surface area (Å²) in [5.41, 5.74) is 0.102. The molecule has 1 heterocycles. The Morgan fingerprint density at radius 1 is 1.42 bits per heavy atom. The highest BCUT2D eigenvalue weighted by molar-refractivity contribution is 4.99. The lowest BCUT2D eigenvalue weighted by Gasteiger charge is -2.35. The van der Waals surface area contributed by atoms with E-state index < -0.39 is 0 Å². The summed E-state index contributed by atoms with van der Waals surface area (Å²) in [4.78, 5) is 4.49. The SMILES string of the molecule is CCCn1ccnc1CC(NC)C(OC)C(C)(C)C. The van der Waals surface area contributed by atoms with E-state index in [9.17, 15) is 0 Å². The van der Waals surface area contributed by atoms with Crippen LogP contribution in [0.1, 0.15) is 39.9 Å². The molecule has 0 spiro atoms. The molecular weight excluding hydrogens is 238 g/mol. The van der Waals surface area contributed by atoms with Crippen molar-refractivity contribution in [1.82, 2.24) is 14.9 Å². The highest BCUT2D eigenvalue weighted by atomic mass is 16.5. The highest BCUT2D eigenvalue weighted by Gasteiger charge is 2.32. The first-order valence-electron chi connectivity index (χ1n) is 7.14. The maximum absolute atomic E-state index is 5.72. The van der Waals surface area contributed by atoms with Gasteiger partial charge in [0, 0.05) is 38.5 Å². The molecular formula is C15H29N3O. The second-order valence-electron chi connectivity index (χ2n) is 6.16. The third kappa shape index (κ3) is 4.32. The molecule has 2 atom stereocenters. The van der Waals surface area contributed by atoms with Gasteiger partial charge in [-0.05, 0) is 18.9 Å². The summed E-state index contributed by atoms with van der Waals surface area (Å²) in [5, 5.41) is 3.39. The van der Waals surface area contributed by atoms with Crippen molar-refractivity contribution in [1.29, 1.82) is 0 Å². The lowest BCUT2D eigenvalue weighted by atomic mass is 9.83. The van der Waals surface area contributed by atoms with E-state index in [0.717, 1.165) is 25.2 Å². The van der Waals surface area contributed by atoms with E-state index in [1.807, 2.05) is 13.2 Å². The van der Waals surface area contributed by atoms with Gasteiger partial charge < -0.3 is 14.6 Å². The highest BCUT2D eigenvalue weighted by Crippen LogP contribution is 2.25. The second-order valence-corrected chi connectivity index (χ2v) is 6.16. The van der Waals surface area contributed by atoms with Crippen molar-refractivity contribution in [3.63, 3.8) is 0 Å². The van der Waals surface area contributed by atoms with Crippen LogP contribution in [0.5, 0.6) is 0 Å². The van der Waals surface area contributed by atoms with Crippen LogP contribution in [0.15, 0.2) is 12.4 Å². The van der Waals surface area contributed by atoms with Crippen molar-refractivity contribution in [2.75, 3.05) is 14.2 Å². The Labute approximate surface area is 117 Å². The number of ether oxygens (including phenoxy) is 1. The standard InChI is InChI=1S/C15H29N3O/c1-7-9-18-10-8-17-13(18)11-12(16-5)14(19-6)15(2,3)4/h8,10,12,14,16H,7,9,11H2,1-6H3. The van der Waals surface area contributed by atoms with Crippen LogP contribution in [-0.4, -0.2) is 35.9 Å². The molecule has 0 fully saturated rings. The monoisotopic (exact) mass is 267 g/mol. The molecule has 0 saturated carbocycles. The summed E-state index contributed by atoms with van der Waals surface area (Å²) in [7, 11) is 3.79. The molecule has 4 nitrogen and oxygen atoms in total. The van der Waals surface area contributed by atoms with Crippen LogP contribution in [0, 0.1) is 5.41 Å². The molecule has 1 aromatic heterocycles. The van der Waals surface area contributed by atoms with Gasteiger partial charge in [0.15, 0.2) is 0 Å². The first-order valence-corrected chi connectivity index (χ1v) is 7.14. The largest absolute Gasteiger partial charge is 0.379 e. The summed E-state index contributed by atoms with van der Waals surface area (Å²) >= 11 is 0. The summed E-state index contributed by atoms with van der Waals surface area (Å²) in [6, 6.07) is 0.267. The minimum absolute atomic E-state index is 0.102. The molecule has 1 aromatic rings. The Balaban J connectivity index is 2.83. The van der Waals surface area contributed by atoms with E-state index in [0.29, 0.717) is 0 Å². The average molecular weight is 267 g/mol. The van der Waals surface area contributed by atoms with Crippen LogP contribution in [0.3, 0.4) is 0 Å². The van der Waals surface area contributed by atoms with Gasteiger partial charge in [-0.1, -0.05) is 27.7 Å². The number of imidazole rings is 1. The topological polar surface area (TPSA) is 39.1 Å². The van der Waals surface area contributed by atoms with Gasteiger partial charge >= 0.3 is 0 Å². The molecule has 110 valence electrons. The lowest BCUT2D eigenvalue weighted by Crippen LogP contribution is -2.48. The normalized spacial score (nSPS) is 15.5. The number of nitrogens with one attached hydrogen (secondary N) is 1. The number of aromatic nitrogens is 2. The predicted molar refractivity (Wildman–Crippen MR) is 79.3 cm³/mol. The molecule has 4 heteroatoms. The minimum Gasteiger partial charge on any atom is -0.379 e. The number of likely N-dealkylation sites (N-methyl/N-ethyl adjacent to an activating group) is 1. The molecule has 1 rings (SSSR count). The fourth-order valence-corrected chi connectivity index (χ4v) is 2.65. The molecule has 0 aliphatic heterocycles. The third-order valence-electron chi connectivity index (χ3n) is 3.51. The van der Waals surface area contributed by atoms with Gasteiger partial charge in [-0.2, -0.15) is 0 Å². The van der Waals surface area contributed by atoms with Crippen LogP contribution >= 0.6 is 0 Å². The maximum Gasteiger partial charge on any atom is 0.110 e. The van der Waals surface area contributed by atoms with Crippen molar-refractivity contribution < 1.29 is 4.74 Å². The average Bonchev–Trinajstić information content (AvgIpc) is 2.75. The second kappa shape index (κ2) is 7.06. The molecule has 0 aliphatic rings. The molecule has 0 amide bonds. The zero-order valence-corrected chi connectivity index (χ0v) is 13.2. The quantitative estimate of drug-likeness (QED) is 0.825. The van der Waals surface area contributed by atoms with E-state index >= 15 is 0 Å². The van der Waals surface area contributed by atoms with E-state index in [4.69, 9.17) is 4.74 Å². The van der Waals surface area contributed by atoms with Crippen LogP contribution in [-0.2, 0) is 17.7 Å². The molecule has 1 N–H and O–H groups in total. The van der Waals surface area contributed by atoms with Gasteiger partial charge in [-0.15, -0.1) is 0 Å². The first kappa shape index (κ1) is 16.2. The van der Waals surface area contributed by atoms with Crippen molar-refractivity contribution in [3.8, 4) is 0 Å². The van der Waals surface area contributed by atoms with Gasteiger partial charge in [0.05, 0.1) is 6.10 Å². The van der Waals surface area contributed by atoms with Crippen LogP contribution in [0.25, 0.3) is 0 Å². The van der Waals surface area contributed by atoms with Crippen LogP contribution < -0.4 is 5.32 Å². The van der Waals surface area contributed by atoms with Gasteiger partial charge in [0.25, 0.3) is 0 Å². The fraction of sp³-hybridized carbons (Fsp3) is 0.800. The molecule has 0 bridgehead atoms. The first-order chi connectivity index (χ1) is 8.93. The van der Waals surface area contributed by atoms with E-state index in [-0.39, 0.29) is 17.6 Å². The van der Waals surface area contributed by atoms with Gasteiger partial charge in [0.2, 0.25) is 0 Å². The number of hydrogen-bond donors (Lipinski definition) is 1. The zero-order chi connectivity index (χ0) is 14.5. The minimum atomic E-state index is 0.102.